The average Bonchev–Trinajstić information content (AvgIpc) is 2.68. The minimum absolute atomic E-state index is 0.0749. The van der Waals surface area contributed by atoms with Gasteiger partial charge in [0.2, 0.25) is 11.8 Å². The zero-order valence-corrected chi connectivity index (χ0v) is 14.0. The Bertz CT molecular complexity index is 700. The molecule has 1 unspecified atom stereocenters. The van der Waals surface area contributed by atoms with Gasteiger partial charge in [-0.05, 0) is 35.9 Å². The first-order chi connectivity index (χ1) is 12.2. The molecule has 0 bridgehead atoms. The van der Waals surface area contributed by atoms with Crippen LogP contribution in [0.15, 0.2) is 42.6 Å². The molecule has 1 fully saturated rings. The molecule has 1 aromatic carbocycles. The molecule has 0 saturated carbocycles. The number of pyridine rings is 1. The number of aromatic nitrogens is 1. The van der Waals surface area contributed by atoms with Crippen molar-refractivity contribution in [3.05, 3.63) is 48.2 Å². The summed E-state index contributed by atoms with van der Waals surface area (Å²) >= 11 is 0. The van der Waals surface area contributed by atoms with Gasteiger partial charge in [0.05, 0.1) is 20.3 Å². The highest BCUT2D eigenvalue weighted by Crippen LogP contribution is 2.22. The summed E-state index contributed by atoms with van der Waals surface area (Å²) < 4.78 is 16.1. The van der Waals surface area contributed by atoms with Gasteiger partial charge < -0.3 is 24.8 Å². The number of nitrogens with zero attached hydrogens (tertiary/aromatic N) is 1. The van der Waals surface area contributed by atoms with Crippen LogP contribution in [0.2, 0.25) is 0 Å². The molecule has 3 rings (SSSR count). The molecule has 7 heteroatoms. The van der Waals surface area contributed by atoms with Gasteiger partial charge in [-0.1, -0.05) is 0 Å². The van der Waals surface area contributed by atoms with Crippen LogP contribution in [0.5, 0.6) is 17.4 Å². The molecule has 0 radical (unpaired) electrons. The van der Waals surface area contributed by atoms with Gasteiger partial charge >= 0.3 is 0 Å². The molecule has 7 nitrogen and oxygen atoms in total. The lowest BCUT2D eigenvalue weighted by Crippen LogP contribution is -2.51. The molecule has 1 aliphatic heterocycles. The Morgan fingerprint density at radius 2 is 2.12 bits per heavy atom. The van der Waals surface area contributed by atoms with Gasteiger partial charge in [-0.15, -0.1) is 0 Å². The van der Waals surface area contributed by atoms with Crippen molar-refractivity contribution in [2.45, 2.75) is 12.6 Å². The summed E-state index contributed by atoms with van der Waals surface area (Å²) in [4.78, 5) is 16.3. The highest BCUT2D eigenvalue weighted by atomic mass is 16.5. The first-order valence-electron chi connectivity index (χ1n) is 8.10. The Balaban J connectivity index is 1.56. The van der Waals surface area contributed by atoms with E-state index < -0.39 is 0 Å². The topological polar surface area (TPSA) is 81.7 Å². The summed E-state index contributed by atoms with van der Waals surface area (Å²) in [6.07, 6.45) is 1.66. The van der Waals surface area contributed by atoms with Crippen molar-refractivity contribution in [1.82, 2.24) is 15.6 Å². The minimum Gasteiger partial charge on any atom is -0.497 e. The van der Waals surface area contributed by atoms with E-state index >= 15 is 0 Å². The monoisotopic (exact) mass is 343 g/mol. The summed E-state index contributed by atoms with van der Waals surface area (Å²) in [5, 5.41) is 6.02. The number of carbonyl (C=O) groups excluding carboxylic acids is 1. The van der Waals surface area contributed by atoms with Crippen LogP contribution in [0.1, 0.15) is 5.56 Å². The van der Waals surface area contributed by atoms with Crippen molar-refractivity contribution in [1.29, 1.82) is 0 Å². The second-order valence-electron chi connectivity index (χ2n) is 5.58. The Hall–Kier alpha value is -2.64. The first-order valence-corrected chi connectivity index (χ1v) is 8.10. The fourth-order valence-corrected chi connectivity index (χ4v) is 2.43. The van der Waals surface area contributed by atoms with Gasteiger partial charge in [-0.2, -0.15) is 0 Å². The molecule has 1 aromatic heterocycles. The smallest absolute Gasteiger partial charge is 0.239 e. The molecule has 2 aromatic rings. The Kier molecular flexibility index (Phi) is 5.81. The number of rotatable bonds is 6. The van der Waals surface area contributed by atoms with Crippen LogP contribution in [0.25, 0.3) is 0 Å². The van der Waals surface area contributed by atoms with Crippen LogP contribution in [0.3, 0.4) is 0 Å². The maximum Gasteiger partial charge on any atom is 0.239 e. The largest absolute Gasteiger partial charge is 0.497 e. The van der Waals surface area contributed by atoms with E-state index in [0.29, 0.717) is 37.9 Å². The van der Waals surface area contributed by atoms with Crippen LogP contribution < -0.4 is 20.1 Å². The molecule has 2 N–H and O–H groups in total. The fraction of sp³-hybridized carbons (Fsp3) is 0.333. The van der Waals surface area contributed by atoms with Crippen molar-refractivity contribution >= 4 is 5.91 Å². The molecule has 1 amide bonds. The van der Waals surface area contributed by atoms with E-state index in [1.165, 1.54) is 0 Å². The molecule has 25 heavy (non-hydrogen) atoms. The summed E-state index contributed by atoms with van der Waals surface area (Å²) in [7, 11) is 1.62. The van der Waals surface area contributed by atoms with Crippen LogP contribution in [-0.4, -0.2) is 43.8 Å². The van der Waals surface area contributed by atoms with Gasteiger partial charge in [-0.3, -0.25) is 4.79 Å². The molecule has 1 atom stereocenters. The third-order valence-electron chi connectivity index (χ3n) is 3.79. The SMILES string of the molecule is COc1ccc(Oc2cc(CNC(=O)C3COCCN3)ccn2)cc1. The number of amides is 1. The number of hydrogen-bond acceptors (Lipinski definition) is 6. The van der Waals surface area contributed by atoms with Crippen molar-refractivity contribution < 1.29 is 19.0 Å². The van der Waals surface area contributed by atoms with Gasteiger partial charge in [0.1, 0.15) is 17.5 Å². The number of carbonyl (C=O) groups is 1. The predicted molar refractivity (Wildman–Crippen MR) is 91.8 cm³/mol. The van der Waals surface area contributed by atoms with Gasteiger partial charge in [-0.25, -0.2) is 4.98 Å². The Morgan fingerprint density at radius 1 is 1.32 bits per heavy atom. The molecular weight excluding hydrogens is 322 g/mol. The van der Waals surface area contributed by atoms with Crippen LogP contribution in [0, 0.1) is 0 Å². The fourth-order valence-electron chi connectivity index (χ4n) is 2.43. The van der Waals surface area contributed by atoms with E-state index in [-0.39, 0.29) is 11.9 Å². The molecule has 0 spiro atoms. The molecule has 0 aliphatic carbocycles. The summed E-state index contributed by atoms with van der Waals surface area (Å²) in [5.41, 5.74) is 0.906. The summed E-state index contributed by atoms with van der Waals surface area (Å²) in [5.74, 6) is 1.82. The predicted octanol–water partition coefficient (Wildman–Crippen LogP) is 1.49. The Morgan fingerprint density at radius 3 is 2.84 bits per heavy atom. The number of morpholine rings is 1. The minimum atomic E-state index is -0.300. The van der Waals surface area contributed by atoms with E-state index in [1.54, 1.807) is 19.4 Å². The second-order valence-corrected chi connectivity index (χ2v) is 5.58. The van der Waals surface area contributed by atoms with E-state index in [2.05, 4.69) is 15.6 Å². The number of hydrogen-bond donors (Lipinski definition) is 2. The molecule has 132 valence electrons. The number of nitrogens with one attached hydrogen (secondary N) is 2. The normalized spacial score (nSPS) is 16.9. The third-order valence-corrected chi connectivity index (χ3v) is 3.79. The van der Waals surface area contributed by atoms with Crippen LogP contribution in [-0.2, 0) is 16.1 Å². The number of benzene rings is 1. The van der Waals surface area contributed by atoms with Crippen LogP contribution in [0.4, 0.5) is 0 Å². The molecule has 2 heterocycles. The standard InChI is InChI=1S/C18H21N3O4/c1-23-14-2-4-15(5-3-14)25-17-10-13(6-7-20-17)11-21-18(22)16-12-24-9-8-19-16/h2-7,10,16,19H,8-9,11-12H2,1H3,(H,21,22). The number of methoxy groups -OCH3 is 1. The van der Waals surface area contributed by atoms with E-state index in [9.17, 15) is 4.79 Å². The maximum absolute atomic E-state index is 12.1. The van der Waals surface area contributed by atoms with Gasteiger partial charge in [0.15, 0.2) is 0 Å². The van der Waals surface area contributed by atoms with Gasteiger partial charge in [0.25, 0.3) is 0 Å². The first kappa shape index (κ1) is 17.2. The third kappa shape index (κ3) is 4.91. The summed E-state index contributed by atoms with van der Waals surface area (Å²) in [6.45, 7) is 2.12. The lowest BCUT2D eigenvalue weighted by Gasteiger charge is -2.22. The molecule has 1 aliphatic rings. The number of ether oxygens (including phenoxy) is 3. The highest BCUT2D eigenvalue weighted by Gasteiger charge is 2.20. The van der Waals surface area contributed by atoms with E-state index in [1.807, 2.05) is 30.3 Å². The van der Waals surface area contributed by atoms with Crippen molar-refractivity contribution in [2.75, 3.05) is 26.9 Å². The zero-order valence-electron chi connectivity index (χ0n) is 14.0. The van der Waals surface area contributed by atoms with E-state index in [0.717, 1.165) is 11.3 Å². The van der Waals surface area contributed by atoms with E-state index in [4.69, 9.17) is 14.2 Å². The van der Waals surface area contributed by atoms with Gasteiger partial charge in [0, 0.05) is 25.4 Å². The lowest BCUT2D eigenvalue weighted by atomic mass is 10.2. The quantitative estimate of drug-likeness (QED) is 0.827. The summed E-state index contributed by atoms with van der Waals surface area (Å²) in [6, 6.07) is 10.6. The highest BCUT2D eigenvalue weighted by molar-refractivity contribution is 5.81. The lowest BCUT2D eigenvalue weighted by molar-refractivity contribution is -0.126. The second kappa shape index (κ2) is 8.46. The van der Waals surface area contributed by atoms with Crippen molar-refractivity contribution in [3.8, 4) is 17.4 Å². The average molecular weight is 343 g/mol. The zero-order chi connectivity index (χ0) is 17.5. The Labute approximate surface area is 146 Å². The molecular formula is C18H21N3O4. The van der Waals surface area contributed by atoms with Crippen molar-refractivity contribution in [2.24, 2.45) is 0 Å². The van der Waals surface area contributed by atoms with Crippen molar-refractivity contribution in [3.63, 3.8) is 0 Å². The molecule has 1 saturated heterocycles. The van der Waals surface area contributed by atoms with Crippen LogP contribution >= 0.6 is 0 Å². The maximum atomic E-state index is 12.1.